The summed E-state index contributed by atoms with van der Waals surface area (Å²) < 4.78 is 5.68. The number of fused-ring (bicyclic) bond motifs is 2. The third-order valence-corrected chi connectivity index (χ3v) is 3.97. The van der Waals surface area contributed by atoms with E-state index in [4.69, 9.17) is 27.6 Å². The molecule has 0 saturated heterocycles. The molecule has 2 aromatic carbocycles. The second-order valence-corrected chi connectivity index (χ2v) is 5.58. The number of pyridine rings is 1. The van der Waals surface area contributed by atoms with Crippen LogP contribution in [0.2, 0.25) is 10.0 Å². The summed E-state index contributed by atoms with van der Waals surface area (Å²) in [6, 6.07) is 12.4. The summed E-state index contributed by atoms with van der Waals surface area (Å²) in [6.45, 7) is 0. The minimum absolute atomic E-state index is 0.112. The molecule has 0 aliphatic carbocycles. The van der Waals surface area contributed by atoms with Gasteiger partial charge in [-0.1, -0.05) is 35.3 Å². The molecule has 0 unspecified atom stereocenters. The first-order valence-electron chi connectivity index (χ1n) is 6.47. The van der Waals surface area contributed by atoms with Gasteiger partial charge in [-0.25, -0.2) is 9.97 Å². The Balaban J connectivity index is 1.97. The van der Waals surface area contributed by atoms with Crippen molar-refractivity contribution in [2.24, 2.45) is 0 Å². The second-order valence-electron chi connectivity index (χ2n) is 4.77. The molecule has 4 rings (SSSR count). The predicted octanol–water partition coefficient (Wildman–Crippen LogP) is 5.06. The fraction of sp³-hybridized carbons (Fsp3) is 0. The van der Waals surface area contributed by atoms with Crippen molar-refractivity contribution in [2.75, 3.05) is 0 Å². The van der Waals surface area contributed by atoms with Crippen molar-refractivity contribution in [3.8, 4) is 17.3 Å². The Bertz CT molecular complexity index is 994. The Hall–Kier alpha value is -2.30. The maximum Gasteiger partial charge on any atom is 0.246 e. The summed E-state index contributed by atoms with van der Waals surface area (Å²) in [7, 11) is 0. The van der Waals surface area contributed by atoms with Crippen molar-refractivity contribution in [3.63, 3.8) is 0 Å². The smallest absolute Gasteiger partial charge is 0.246 e. The highest BCUT2D eigenvalue weighted by atomic mass is 35.5. The lowest BCUT2D eigenvalue weighted by Gasteiger charge is -2.05. The van der Waals surface area contributed by atoms with Crippen molar-refractivity contribution < 1.29 is 9.52 Å². The SMILES string of the molecule is Oc1c(Cl)cc(Cl)c2ccc(-c3nc4ccccc4o3)nc12. The van der Waals surface area contributed by atoms with Crippen LogP contribution in [-0.4, -0.2) is 15.1 Å². The summed E-state index contributed by atoms with van der Waals surface area (Å²) in [5.74, 6) is 0.262. The molecule has 1 N–H and O–H groups in total. The molecule has 0 spiro atoms. The number of hydrogen-bond acceptors (Lipinski definition) is 4. The van der Waals surface area contributed by atoms with Crippen molar-refractivity contribution in [2.45, 2.75) is 0 Å². The lowest BCUT2D eigenvalue weighted by Crippen LogP contribution is -1.87. The van der Waals surface area contributed by atoms with Gasteiger partial charge in [0.05, 0.1) is 10.0 Å². The molecule has 0 bridgehead atoms. The Kier molecular flexibility index (Phi) is 2.96. The van der Waals surface area contributed by atoms with Crippen LogP contribution in [0.4, 0.5) is 0 Å². The van der Waals surface area contributed by atoms with Gasteiger partial charge in [0.2, 0.25) is 5.89 Å². The standard InChI is InChI=1S/C16H8Cl2N2O2/c17-9-7-10(18)15(21)14-8(9)5-6-12(19-14)16-20-11-3-1-2-4-13(11)22-16/h1-7,21H. The Labute approximate surface area is 134 Å². The molecule has 2 heterocycles. The van der Waals surface area contributed by atoms with Gasteiger partial charge in [-0.05, 0) is 30.3 Å². The average Bonchev–Trinajstić information content (AvgIpc) is 2.96. The quantitative estimate of drug-likeness (QED) is 0.530. The number of aromatic nitrogens is 2. The van der Waals surface area contributed by atoms with Gasteiger partial charge in [0.1, 0.15) is 16.7 Å². The summed E-state index contributed by atoms with van der Waals surface area (Å²) >= 11 is 12.1. The van der Waals surface area contributed by atoms with E-state index < -0.39 is 0 Å². The van der Waals surface area contributed by atoms with Crippen LogP contribution in [0.25, 0.3) is 33.6 Å². The van der Waals surface area contributed by atoms with Crippen molar-refractivity contribution in [1.82, 2.24) is 9.97 Å². The molecule has 6 heteroatoms. The molecule has 4 nitrogen and oxygen atoms in total. The van der Waals surface area contributed by atoms with Gasteiger partial charge in [0.15, 0.2) is 11.3 Å². The highest BCUT2D eigenvalue weighted by molar-refractivity contribution is 6.39. The van der Waals surface area contributed by atoms with Crippen LogP contribution in [-0.2, 0) is 0 Å². The van der Waals surface area contributed by atoms with E-state index in [0.29, 0.717) is 33.1 Å². The number of phenols is 1. The van der Waals surface area contributed by atoms with Gasteiger partial charge in [-0.15, -0.1) is 0 Å². The fourth-order valence-electron chi connectivity index (χ4n) is 2.30. The van der Waals surface area contributed by atoms with E-state index in [0.717, 1.165) is 5.52 Å². The first-order valence-corrected chi connectivity index (χ1v) is 7.23. The number of rotatable bonds is 1. The van der Waals surface area contributed by atoms with Crippen LogP contribution >= 0.6 is 23.2 Å². The number of hydrogen-bond donors (Lipinski definition) is 1. The molecule has 0 saturated carbocycles. The van der Waals surface area contributed by atoms with Crippen LogP contribution in [0.5, 0.6) is 5.75 Å². The normalized spacial score (nSPS) is 11.4. The minimum atomic E-state index is -0.112. The van der Waals surface area contributed by atoms with Crippen molar-refractivity contribution in [1.29, 1.82) is 0 Å². The summed E-state index contributed by atoms with van der Waals surface area (Å²) in [4.78, 5) is 8.77. The molecule has 0 atom stereocenters. The zero-order valence-electron chi connectivity index (χ0n) is 11.0. The number of oxazole rings is 1. The van der Waals surface area contributed by atoms with E-state index in [1.54, 1.807) is 12.1 Å². The fourth-order valence-corrected chi connectivity index (χ4v) is 2.82. The number of aromatic hydroxyl groups is 1. The summed E-state index contributed by atoms with van der Waals surface area (Å²) in [6.07, 6.45) is 0. The maximum absolute atomic E-state index is 10.1. The predicted molar refractivity (Wildman–Crippen MR) is 86.4 cm³/mol. The van der Waals surface area contributed by atoms with E-state index in [2.05, 4.69) is 9.97 Å². The number of halogens is 2. The van der Waals surface area contributed by atoms with Crippen LogP contribution < -0.4 is 0 Å². The van der Waals surface area contributed by atoms with Gasteiger partial charge in [0, 0.05) is 5.39 Å². The first-order chi connectivity index (χ1) is 10.6. The lowest BCUT2D eigenvalue weighted by molar-refractivity contribution is 0.480. The van der Waals surface area contributed by atoms with Gasteiger partial charge in [0.25, 0.3) is 0 Å². The molecule has 22 heavy (non-hydrogen) atoms. The van der Waals surface area contributed by atoms with E-state index >= 15 is 0 Å². The molecular weight excluding hydrogens is 323 g/mol. The third kappa shape index (κ3) is 2.00. The first kappa shape index (κ1) is 13.4. The monoisotopic (exact) mass is 330 g/mol. The molecular formula is C16H8Cl2N2O2. The molecule has 0 aliphatic heterocycles. The van der Waals surface area contributed by atoms with Crippen LogP contribution in [0.3, 0.4) is 0 Å². The van der Waals surface area contributed by atoms with E-state index in [1.165, 1.54) is 6.07 Å². The molecule has 108 valence electrons. The average molecular weight is 331 g/mol. The van der Waals surface area contributed by atoms with Crippen molar-refractivity contribution in [3.05, 3.63) is 52.5 Å². The van der Waals surface area contributed by atoms with Gasteiger partial charge >= 0.3 is 0 Å². The Morgan fingerprint density at radius 1 is 0.955 bits per heavy atom. The van der Waals surface area contributed by atoms with E-state index in [9.17, 15) is 5.11 Å². The molecule has 0 fully saturated rings. The third-order valence-electron chi connectivity index (χ3n) is 3.37. The van der Waals surface area contributed by atoms with Gasteiger partial charge < -0.3 is 9.52 Å². The topological polar surface area (TPSA) is 59.2 Å². The number of benzene rings is 2. The molecule has 0 amide bonds. The number of phenolic OH excluding ortho intramolecular Hbond substituents is 1. The number of nitrogens with zero attached hydrogens (tertiary/aromatic N) is 2. The zero-order valence-corrected chi connectivity index (χ0v) is 12.6. The molecule has 2 aromatic heterocycles. The minimum Gasteiger partial charge on any atom is -0.504 e. The van der Waals surface area contributed by atoms with Crippen molar-refractivity contribution >= 4 is 45.2 Å². The summed E-state index contributed by atoms with van der Waals surface area (Å²) in [5, 5.41) is 11.3. The van der Waals surface area contributed by atoms with Gasteiger partial charge in [-0.3, -0.25) is 0 Å². The molecule has 0 aliphatic rings. The molecule has 0 radical (unpaired) electrons. The highest BCUT2D eigenvalue weighted by Gasteiger charge is 2.14. The van der Waals surface area contributed by atoms with Crippen LogP contribution in [0, 0.1) is 0 Å². The maximum atomic E-state index is 10.1. The van der Waals surface area contributed by atoms with Gasteiger partial charge in [-0.2, -0.15) is 0 Å². The summed E-state index contributed by atoms with van der Waals surface area (Å²) in [5.41, 5.74) is 2.23. The van der Waals surface area contributed by atoms with Crippen LogP contribution in [0.15, 0.2) is 46.9 Å². The second kappa shape index (κ2) is 4.87. The zero-order chi connectivity index (χ0) is 15.3. The van der Waals surface area contributed by atoms with E-state index in [-0.39, 0.29) is 10.8 Å². The Morgan fingerprint density at radius 3 is 2.59 bits per heavy atom. The van der Waals surface area contributed by atoms with Crippen LogP contribution in [0.1, 0.15) is 0 Å². The number of para-hydroxylation sites is 2. The highest BCUT2D eigenvalue weighted by Crippen LogP contribution is 2.37. The Morgan fingerprint density at radius 2 is 1.77 bits per heavy atom. The largest absolute Gasteiger partial charge is 0.504 e. The van der Waals surface area contributed by atoms with E-state index in [1.807, 2.05) is 24.3 Å². The lowest BCUT2D eigenvalue weighted by atomic mass is 10.2. The molecule has 4 aromatic rings.